The smallest absolute Gasteiger partial charge is 0.247 e. The molecule has 2 aromatic rings. The van der Waals surface area contributed by atoms with Crippen molar-refractivity contribution in [1.29, 1.82) is 0 Å². The van der Waals surface area contributed by atoms with Crippen molar-refractivity contribution in [2.24, 2.45) is 5.73 Å². The van der Waals surface area contributed by atoms with Gasteiger partial charge in [0.15, 0.2) is 0 Å². The average molecular weight is 322 g/mol. The van der Waals surface area contributed by atoms with Gasteiger partial charge in [-0.3, -0.25) is 4.79 Å². The molecule has 3 rings (SSSR count). The third-order valence-electron chi connectivity index (χ3n) is 5.28. The van der Waals surface area contributed by atoms with Gasteiger partial charge in [0.2, 0.25) is 5.91 Å². The van der Waals surface area contributed by atoms with Crippen LogP contribution < -0.4 is 5.73 Å². The molecule has 126 valence electrons. The number of nitrogens with two attached hydrogens (primary N) is 1. The largest absolute Gasteiger partial charge is 0.337 e. The lowest BCUT2D eigenvalue weighted by atomic mass is 9.91. The van der Waals surface area contributed by atoms with Gasteiger partial charge in [0.25, 0.3) is 0 Å². The van der Waals surface area contributed by atoms with E-state index >= 15 is 0 Å². The standard InChI is InChI=1S/C21H26N2O/c1-15-9-7-8-12-19(15)17-13-16(2)23(14-17)20(24)21(3,22)18-10-5-4-6-11-18/h4-12,16-17H,13-14,22H2,1-3H3. The highest BCUT2D eigenvalue weighted by Gasteiger charge is 2.41. The van der Waals surface area contributed by atoms with Crippen molar-refractivity contribution < 1.29 is 4.79 Å². The molecule has 0 bridgehead atoms. The summed E-state index contributed by atoms with van der Waals surface area (Å²) in [5.41, 5.74) is 8.96. The summed E-state index contributed by atoms with van der Waals surface area (Å²) in [4.78, 5) is 15.1. The van der Waals surface area contributed by atoms with Gasteiger partial charge in [-0.1, -0.05) is 54.6 Å². The first-order chi connectivity index (χ1) is 11.4. The van der Waals surface area contributed by atoms with Gasteiger partial charge < -0.3 is 10.6 Å². The van der Waals surface area contributed by atoms with Crippen LogP contribution in [-0.2, 0) is 10.3 Å². The van der Waals surface area contributed by atoms with Crippen LogP contribution >= 0.6 is 0 Å². The number of hydrogen-bond acceptors (Lipinski definition) is 2. The summed E-state index contributed by atoms with van der Waals surface area (Å²) in [6.07, 6.45) is 0.988. The second kappa shape index (κ2) is 6.40. The molecular weight excluding hydrogens is 296 g/mol. The van der Waals surface area contributed by atoms with E-state index in [0.29, 0.717) is 5.92 Å². The van der Waals surface area contributed by atoms with Crippen LogP contribution in [0.15, 0.2) is 54.6 Å². The Morgan fingerprint density at radius 2 is 1.75 bits per heavy atom. The molecule has 1 amide bonds. The molecule has 1 aliphatic heterocycles. The molecule has 0 aliphatic carbocycles. The van der Waals surface area contributed by atoms with Crippen LogP contribution in [0.3, 0.4) is 0 Å². The molecule has 0 aromatic heterocycles. The molecule has 1 fully saturated rings. The van der Waals surface area contributed by atoms with Crippen LogP contribution in [0.5, 0.6) is 0 Å². The highest BCUT2D eigenvalue weighted by molar-refractivity contribution is 5.87. The fourth-order valence-corrected chi connectivity index (χ4v) is 3.79. The van der Waals surface area contributed by atoms with Crippen molar-refractivity contribution >= 4 is 5.91 Å². The van der Waals surface area contributed by atoms with E-state index in [9.17, 15) is 4.79 Å². The van der Waals surface area contributed by atoms with Crippen LogP contribution in [-0.4, -0.2) is 23.4 Å². The highest BCUT2D eigenvalue weighted by atomic mass is 16.2. The van der Waals surface area contributed by atoms with E-state index in [2.05, 4.69) is 38.1 Å². The first-order valence-electron chi connectivity index (χ1n) is 8.62. The lowest BCUT2D eigenvalue weighted by molar-refractivity contribution is -0.137. The fraction of sp³-hybridized carbons (Fsp3) is 0.381. The Bertz CT molecular complexity index is 724. The first kappa shape index (κ1) is 16.7. The number of likely N-dealkylation sites (tertiary alicyclic amines) is 1. The lowest BCUT2D eigenvalue weighted by Crippen LogP contribution is -2.52. The molecule has 3 unspecified atom stereocenters. The van der Waals surface area contributed by atoms with E-state index < -0.39 is 5.54 Å². The molecule has 0 spiro atoms. The van der Waals surface area contributed by atoms with E-state index in [-0.39, 0.29) is 11.9 Å². The van der Waals surface area contributed by atoms with Gasteiger partial charge in [-0.05, 0) is 43.9 Å². The SMILES string of the molecule is Cc1ccccc1C1CC(C)N(C(=O)C(C)(N)c2ccccc2)C1. The summed E-state index contributed by atoms with van der Waals surface area (Å²) in [7, 11) is 0. The molecule has 0 radical (unpaired) electrons. The topological polar surface area (TPSA) is 46.3 Å². The molecular formula is C21H26N2O. The van der Waals surface area contributed by atoms with Crippen LogP contribution in [0.1, 0.15) is 42.9 Å². The van der Waals surface area contributed by atoms with Crippen LogP contribution in [0.4, 0.5) is 0 Å². The maximum Gasteiger partial charge on any atom is 0.247 e. The molecule has 24 heavy (non-hydrogen) atoms. The highest BCUT2D eigenvalue weighted by Crippen LogP contribution is 2.35. The van der Waals surface area contributed by atoms with E-state index in [1.807, 2.05) is 42.2 Å². The molecule has 2 N–H and O–H groups in total. The molecule has 1 aliphatic rings. The minimum absolute atomic E-state index is 0.0114. The predicted octanol–water partition coefficient (Wildman–Crippen LogP) is 3.57. The predicted molar refractivity (Wildman–Crippen MR) is 97.7 cm³/mol. The van der Waals surface area contributed by atoms with E-state index in [4.69, 9.17) is 5.73 Å². The van der Waals surface area contributed by atoms with Gasteiger partial charge in [-0.15, -0.1) is 0 Å². The molecule has 3 heteroatoms. The molecule has 2 aromatic carbocycles. The number of rotatable bonds is 3. The number of amides is 1. The Hall–Kier alpha value is -2.13. The Balaban J connectivity index is 1.83. The lowest BCUT2D eigenvalue weighted by Gasteiger charge is -2.32. The van der Waals surface area contributed by atoms with Crippen molar-refractivity contribution in [2.45, 2.75) is 44.7 Å². The van der Waals surface area contributed by atoms with Crippen molar-refractivity contribution in [1.82, 2.24) is 4.90 Å². The maximum atomic E-state index is 13.1. The normalized spacial score (nSPS) is 23.1. The third-order valence-corrected chi connectivity index (χ3v) is 5.28. The van der Waals surface area contributed by atoms with E-state index in [1.54, 1.807) is 0 Å². The van der Waals surface area contributed by atoms with Crippen molar-refractivity contribution in [2.75, 3.05) is 6.54 Å². The zero-order valence-corrected chi connectivity index (χ0v) is 14.7. The van der Waals surface area contributed by atoms with Gasteiger partial charge in [0.05, 0.1) is 0 Å². The maximum absolute atomic E-state index is 13.1. The number of aryl methyl sites for hydroxylation is 1. The quantitative estimate of drug-likeness (QED) is 0.939. The fourth-order valence-electron chi connectivity index (χ4n) is 3.79. The molecule has 1 saturated heterocycles. The Labute approximate surface area is 144 Å². The first-order valence-corrected chi connectivity index (χ1v) is 8.62. The molecule has 1 heterocycles. The number of nitrogens with zero attached hydrogens (tertiary/aromatic N) is 1. The van der Waals surface area contributed by atoms with Gasteiger partial charge in [-0.2, -0.15) is 0 Å². The Kier molecular flexibility index (Phi) is 4.46. The minimum Gasteiger partial charge on any atom is -0.337 e. The van der Waals surface area contributed by atoms with Gasteiger partial charge >= 0.3 is 0 Å². The average Bonchev–Trinajstić information content (AvgIpc) is 2.96. The van der Waals surface area contributed by atoms with Crippen LogP contribution in [0.2, 0.25) is 0 Å². The Morgan fingerprint density at radius 3 is 2.42 bits per heavy atom. The summed E-state index contributed by atoms with van der Waals surface area (Å²) in [6.45, 7) is 6.82. The monoisotopic (exact) mass is 322 g/mol. The zero-order valence-electron chi connectivity index (χ0n) is 14.7. The second-order valence-corrected chi connectivity index (χ2v) is 7.16. The number of carbonyl (C=O) groups excluding carboxylic acids is 1. The summed E-state index contributed by atoms with van der Waals surface area (Å²) < 4.78 is 0. The van der Waals surface area contributed by atoms with Crippen LogP contribution in [0.25, 0.3) is 0 Å². The molecule has 3 atom stereocenters. The van der Waals surface area contributed by atoms with Crippen molar-refractivity contribution in [3.63, 3.8) is 0 Å². The van der Waals surface area contributed by atoms with E-state index in [1.165, 1.54) is 11.1 Å². The molecule has 0 saturated carbocycles. The summed E-state index contributed by atoms with van der Waals surface area (Å²) in [6, 6.07) is 18.3. The van der Waals surface area contributed by atoms with Crippen molar-refractivity contribution in [3.05, 3.63) is 71.3 Å². The third kappa shape index (κ3) is 2.96. The van der Waals surface area contributed by atoms with Gasteiger partial charge in [0.1, 0.15) is 5.54 Å². The summed E-state index contributed by atoms with van der Waals surface area (Å²) in [5, 5.41) is 0. The number of carbonyl (C=O) groups is 1. The van der Waals surface area contributed by atoms with Gasteiger partial charge in [-0.25, -0.2) is 0 Å². The minimum atomic E-state index is -0.990. The summed E-state index contributed by atoms with van der Waals surface area (Å²) >= 11 is 0. The van der Waals surface area contributed by atoms with E-state index in [0.717, 1.165) is 18.5 Å². The van der Waals surface area contributed by atoms with Crippen LogP contribution in [0, 0.1) is 6.92 Å². The van der Waals surface area contributed by atoms with Gasteiger partial charge in [0, 0.05) is 18.5 Å². The second-order valence-electron chi connectivity index (χ2n) is 7.16. The summed E-state index contributed by atoms with van der Waals surface area (Å²) in [5.74, 6) is 0.397. The van der Waals surface area contributed by atoms with Crippen molar-refractivity contribution in [3.8, 4) is 0 Å². The number of benzene rings is 2. The zero-order chi connectivity index (χ0) is 17.3. The Morgan fingerprint density at radius 1 is 1.12 bits per heavy atom. The number of hydrogen-bond donors (Lipinski definition) is 1. The molecule has 3 nitrogen and oxygen atoms in total.